The molecule has 1 rings (SSSR count). The standard InChI is InChI=1S/C11H19ClN2/c1-4-7-14-8-10(11(12)13-14)6-5-9(2)3/h8-9H,4-7H2,1-3H3. The molecule has 1 aromatic heterocycles. The summed E-state index contributed by atoms with van der Waals surface area (Å²) in [6, 6.07) is 0. The molecule has 0 aliphatic rings. The fraction of sp³-hybridized carbons (Fsp3) is 0.727. The first-order valence-corrected chi connectivity index (χ1v) is 5.73. The minimum absolute atomic E-state index is 0.680. The molecule has 80 valence electrons. The van der Waals surface area contributed by atoms with Gasteiger partial charge < -0.3 is 0 Å². The van der Waals surface area contributed by atoms with Gasteiger partial charge in [0.2, 0.25) is 0 Å². The highest BCUT2D eigenvalue weighted by Gasteiger charge is 2.06. The van der Waals surface area contributed by atoms with Crippen LogP contribution >= 0.6 is 11.6 Å². The lowest BCUT2D eigenvalue weighted by Crippen LogP contribution is -1.96. The molecule has 0 saturated carbocycles. The van der Waals surface area contributed by atoms with Crippen LogP contribution in [0.5, 0.6) is 0 Å². The molecule has 1 heterocycles. The summed E-state index contributed by atoms with van der Waals surface area (Å²) >= 11 is 6.03. The average molecular weight is 215 g/mol. The Morgan fingerprint density at radius 3 is 2.79 bits per heavy atom. The quantitative estimate of drug-likeness (QED) is 0.733. The number of aryl methyl sites for hydroxylation is 2. The summed E-state index contributed by atoms with van der Waals surface area (Å²) in [5.74, 6) is 0.723. The van der Waals surface area contributed by atoms with Gasteiger partial charge in [0, 0.05) is 18.3 Å². The Morgan fingerprint density at radius 2 is 2.21 bits per heavy atom. The zero-order chi connectivity index (χ0) is 10.6. The van der Waals surface area contributed by atoms with Crippen LogP contribution in [0.3, 0.4) is 0 Å². The second-order valence-corrected chi connectivity index (χ2v) is 4.50. The van der Waals surface area contributed by atoms with Gasteiger partial charge in [-0.05, 0) is 25.2 Å². The van der Waals surface area contributed by atoms with Crippen molar-refractivity contribution in [2.45, 2.75) is 46.6 Å². The summed E-state index contributed by atoms with van der Waals surface area (Å²) in [5, 5.41) is 4.94. The Morgan fingerprint density at radius 1 is 1.50 bits per heavy atom. The van der Waals surface area contributed by atoms with E-state index in [0.29, 0.717) is 5.15 Å². The third kappa shape index (κ3) is 3.33. The van der Waals surface area contributed by atoms with E-state index in [0.717, 1.165) is 25.3 Å². The maximum absolute atomic E-state index is 6.03. The van der Waals surface area contributed by atoms with Gasteiger partial charge in [-0.1, -0.05) is 32.4 Å². The molecule has 0 amide bonds. The first-order chi connectivity index (χ1) is 6.63. The van der Waals surface area contributed by atoms with Crippen molar-refractivity contribution < 1.29 is 0 Å². The van der Waals surface area contributed by atoms with Crippen LogP contribution < -0.4 is 0 Å². The molecular formula is C11H19ClN2. The largest absolute Gasteiger partial charge is 0.271 e. The monoisotopic (exact) mass is 214 g/mol. The molecule has 0 N–H and O–H groups in total. The van der Waals surface area contributed by atoms with Crippen molar-refractivity contribution in [1.82, 2.24) is 9.78 Å². The van der Waals surface area contributed by atoms with Crippen molar-refractivity contribution in [3.05, 3.63) is 16.9 Å². The molecule has 0 aliphatic carbocycles. The van der Waals surface area contributed by atoms with Gasteiger partial charge in [0.1, 0.15) is 0 Å². The maximum atomic E-state index is 6.03. The summed E-state index contributed by atoms with van der Waals surface area (Å²) in [5.41, 5.74) is 1.19. The molecule has 14 heavy (non-hydrogen) atoms. The van der Waals surface area contributed by atoms with Crippen LogP contribution in [-0.2, 0) is 13.0 Å². The van der Waals surface area contributed by atoms with Gasteiger partial charge in [-0.15, -0.1) is 0 Å². The van der Waals surface area contributed by atoms with Crippen LogP contribution in [0.4, 0.5) is 0 Å². The van der Waals surface area contributed by atoms with Crippen molar-refractivity contribution >= 4 is 11.6 Å². The molecule has 0 aliphatic heterocycles. The second-order valence-electron chi connectivity index (χ2n) is 4.14. The summed E-state index contributed by atoms with van der Waals surface area (Å²) in [7, 11) is 0. The Balaban J connectivity index is 2.58. The SMILES string of the molecule is CCCn1cc(CCC(C)C)c(Cl)n1. The lowest BCUT2D eigenvalue weighted by atomic mass is 10.1. The molecule has 0 saturated heterocycles. The van der Waals surface area contributed by atoms with Crippen LogP contribution in [0.1, 0.15) is 39.2 Å². The van der Waals surface area contributed by atoms with E-state index in [9.17, 15) is 0 Å². The van der Waals surface area contributed by atoms with Gasteiger partial charge in [-0.2, -0.15) is 5.10 Å². The van der Waals surface area contributed by atoms with Crippen LogP contribution in [0.15, 0.2) is 6.20 Å². The molecule has 0 bridgehead atoms. The number of aromatic nitrogens is 2. The minimum Gasteiger partial charge on any atom is -0.271 e. The number of nitrogens with zero attached hydrogens (tertiary/aromatic N) is 2. The van der Waals surface area contributed by atoms with E-state index in [-0.39, 0.29) is 0 Å². The average Bonchev–Trinajstić information content (AvgIpc) is 2.44. The third-order valence-electron chi connectivity index (χ3n) is 2.23. The van der Waals surface area contributed by atoms with E-state index in [4.69, 9.17) is 11.6 Å². The molecular weight excluding hydrogens is 196 g/mol. The van der Waals surface area contributed by atoms with Gasteiger partial charge in [0.15, 0.2) is 5.15 Å². The predicted octanol–water partition coefficient (Wildman–Crippen LogP) is 3.54. The lowest BCUT2D eigenvalue weighted by Gasteiger charge is -2.01. The third-order valence-corrected chi connectivity index (χ3v) is 2.55. The molecule has 0 aromatic carbocycles. The van der Waals surface area contributed by atoms with E-state index >= 15 is 0 Å². The van der Waals surface area contributed by atoms with Crippen molar-refractivity contribution in [2.24, 2.45) is 5.92 Å². The van der Waals surface area contributed by atoms with Crippen LogP contribution in [-0.4, -0.2) is 9.78 Å². The highest BCUT2D eigenvalue weighted by Crippen LogP contribution is 2.17. The van der Waals surface area contributed by atoms with Crippen molar-refractivity contribution in [3.8, 4) is 0 Å². The molecule has 3 heteroatoms. The molecule has 0 fully saturated rings. The molecule has 0 radical (unpaired) electrons. The first kappa shape index (κ1) is 11.6. The predicted molar refractivity (Wildman–Crippen MR) is 60.7 cm³/mol. The molecule has 0 unspecified atom stereocenters. The van der Waals surface area contributed by atoms with Gasteiger partial charge in [-0.25, -0.2) is 0 Å². The topological polar surface area (TPSA) is 17.8 Å². The fourth-order valence-electron chi connectivity index (χ4n) is 1.39. The first-order valence-electron chi connectivity index (χ1n) is 5.35. The number of hydrogen-bond acceptors (Lipinski definition) is 1. The van der Waals surface area contributed by atoms with E-state index in [2.05, 4.69) is 32.1 Å². The summed E-state index contributed by atoms with van der Waals surface area (Å²) in [6.07, 6.45) is 5.40. The Kier molecular flexibility index (Phi) is 4.46. The van der Waals surface area contributed by atoms with E-state index in [1.807, 2.05) is 4.68 Å². The van der Waals surface area contributed by atoms with Crippen LogP contribution in [0, 0.1) is 5.92 Å². The van der Waals surface area contributed by atoms with Crippen LogP contribution in [0.25, 0.3) is 0 Å². The maximum Gasteiger partial charge on any atom is 0.154 e. The van der Waals surface area contributed by atoms with Crippen molar-refractivity contribution in [1.29, 1.82) is 0 Å². The van der Waals surface area contributed by atoms with Crippen molar-refractivity contribution in [3.63, 3.8) is 0 Å². The van der Waals surface area contributed by atoms with Gasteiger partial charge in [-0.3, -0.25) is 4.68 Å². The zero-order valence-electron chi connectivity index (χ0n) is 9.26. The molecule has 0 atom stereocenters. The fourth-order valence-corrected chi connectivity index (χ4v) is 1.63. The number of hydrogen-bond donors (Lipinski definition) is 0. The summed E-state index contributed by atoms with van der Waals surface area (Å²) in [4.78, 5) is 0. The summed E-state index contributed by atoms with van der Waals surface area (Å²) < 4.78 is 1.94. The van der Waals surface area contributed by atoms with E-state index in [1.165, 1.54) is 12.0 Å². The lowest BCUT2D eigenvalue weighted by molar-refractivity contribution is 0.583. The molecule has 1 aromatic rings. The molecule has 0 spiro atoms. The Labute approximate surface area is 91.3 Å². The second kappa shape index (κ2) is 5.40. The number of rotatable bonds is 5. The highest BCUT2D eigenvalue weighted by molar-refractivity contribution is 6.30. The minimum atomic E-state index is 0.680. The van der Waals surface area contributed by atoms with Gasteiger partial charge in [0.05, 0.1) is 0 Å². The zero-order valence-corrected chi connectivity index (χ0v) is 10.0. The number of halogens is 1. The smallest absolute Gasteiger partial charge is 0.154 e. The Hall–Kier alpha value is -0.500. The van der Waals surface area contributed by atoms with E-state index < -0.39 is 0 Å². The molecule has 2 nitrogen and oxygen atoms in total. The Bertz CT molecular complexity index is 279. The van der Waals surface area contributed by atoms with Crippen molar-refractivity contribution in [2.75, 3.05) is 0 Å². The highest BCUT2D eigenvalue weighted by atomic mass is 35.5. The van der Waals surface area contributed by atoms with Gasteiger partial charge in [0.25, 0.3) is 0 Å². The van der Waals surface area contributed by atoms with E-state index in [1.54, 1.807) is 0 Å². The van der Waals surface area contributed by atoms with Gasteiger partial charge >= 0.3 is 0 Å². The normalized spacial score (nSPS) is 11.2. The summed E-state index contributed by atoms with van der Waals surface area (Å²) in [6.45, 7) is 7.56. The van der Waals surface area contributed by atoms with Crippen LogP contribution in [0.2, 0.25) is 5.15 Å².